The maximum Gasteiger partial charge on any atom is 0.265 e. The number of carbonyl (C=O) groups is 1. The Balaban J connectivity index is 1.54. The van der Waals surface area contributed by atoms with E-state index >= 15 is 0 Å². The molecule has 31 heavy (non-hydrogen) atoms. The van der Waals surface area contributed by atoms with E-state index in [1.54, 1.807) is 23.9 Å². The van der Waals surface area contributed by atoms with Crippen LogP contribution in [-0.4, -0.2) is 48.0 Å². The molecule has 0 bridgehead atoms. The number of rotatable bonds is 3. The summed E-state index contributed by atoms with van der Waals surface area (Å²) in [5.74, 6) is 0.0564. The van der Waals surface area contributed by atoms with Crippen molar-refractivity contribution in [1.29, 1.82) is 0 Å². The van der Waals surface area contributed by atoms with Crippen LogP contribution in [0.2, 0.25) is 0 Å². The molecule has 7 heteroatoms. The summed E-state index contributed by atoms with van der Waals surface area (Å²) in [5, 5.41) is 11.6. The number of phenolic OH excluding ortho intramolecular Hbond substituents is 1. The van der Waals surface area contributed by atoms with Crippen LogP contribution >= 0.6 is 11.8 Å². The number of hydrazine groups is 1. The molecule has 0 saturated carbocycles. The topological polar surface area (TPSA) is 74.2 Å². The number of phenols is 1. The zero-order valence-corrected chi connectivity index (χ0v) is 17.6. The van der Waals surface area contributed by atoms with E-state index in [9.17, 15) is 9.90 Å². The number of nitrogens with zero attached hydrogens (tertiary/aromatic N) is 2. The van der Waals surface area contributed by atoms with Crippen LogP contribution in [0.3, 0.4) is 0 Å². The molecular formula is C24H21N3O3S. The summed E-state index contributed by atoms with van der Waals surface area (Å²) < 4.78 is 5.34. The fraction of sp³-hybridized carbons (Fsp3) is 0.167. The van der Waals surface area contributed by atoms with Crippen LogP contribution in [0.5, 0.6) is 5.75 Å². The van der Waals surface area contributed by atoms with Gasteiger partial charge in [0.05, 0.1) is 24.6 Å². The first kappa shape index (κ1) is 19.8. The fourth-order valence-electron chi connectivity index (χ4n) is 3.61. The van der Waals surface area contributed by atoms with E-state index in [1.165, 1.54) is 0 Å². The van der Waals surface area contributed by atoms with Crippen molar-refractivity contribution in [3.63, 3.8) is 0 Å². The van der Waals surface area contributed by atoms with Crippen molar-refractivity contribution in [2.45, 2.75) is 9.79 Å². The summed E-state index contributed by atoms with van der Waals surface area (Å²) in [6.45, 7) is 2.56. The van der Waals surface area contributed by atoms with Gasteiger partial charge in [0.1, 0.15) is 5.75 Å². The zero-order valence-electron chi connectivity index (χ0n) is 16.7. The minimum Gasteiger partial charge on any atom is -0.508 e. The van der Waals surface area contributed by atoms with Crippen LogP contribution in [0.4, 0.5) is 5.69 Å². The molecule has 0 aromatic heterocycles. The molecule has 0 atom stereocenters. The van der Waals surface area contributed by atoms with Crippen molar-refractivity contribution in [2.24, 2.45) is 4.99 Å². The molecule has 1 saturated heterocycles. The SMILES string of the molecule is O=C(NN1CCOCC1)c1ccc2c(c1)N=C(c1ccc(O)cc1)c1ccccc1S2. The van der Waals surface area contributed by atoms with Gasteiger partial charge in [-0.05, 0) is 48.5 Å². The number of carbonyl (C=O) groups excluding carboxylic acids is 1. The highest BCUT2D eigenvalue weighted by Crippen LogP contribution is 2.41. The summed E-state index contributed by atoms with van der Waals surface area (Å²) in [5.41, 5.74) is 7.00. The summed E-state index contributed by atoms with van der Waals surface area (Å²) in [6, 6.07) is 20.8. The van der Waals surface area contributed by atoms with Crippen molar-refractivity contribution in [2.75, 3.05) is 26.3 Å². The Morgan fingerprint density at radius 3 is 2.58 bits per heavy atom. The molecule has 2 aliphatic rings. The van der Waals surface area contributed by atoms with Crippen LogP contribution in [0.15, 0.2) is 81.5 Å². The largest absolute Gasteiger partial charge is 0.508 e. The number of ether oxygens (including phenoxy) is 1. The Morgan fingerprint density at radius 1 is 1.00 bits per heavy atom. The molecule has 0 unspecified atom stereocenters. The van der Waals surface area contributed by atoms with Gasteiger partial charge in [-0.1, -0.05) is 30.0 Å². The first-order valence-corrected chi connectivity index (χ1v) is 10.9. The molecule has 3 aromatic rings. The van der Waals surface area contributed by atoms with E-state index in [0.29, 0.717) is 31.9 Å². The van der Waals surface area contributed by atoms with E-state index in [-0.39, 0.29) is 11.7 Å². The second-order valence-corrected chi connectivity index (χ2v) is 8.41. The summed E-state index contributed by atoms with van der Waals surface area (Å²) >= 11 is 1.64. The van der Waals surface area contributed by atoms with E-state index in [4.69, 9.17) is 9.73 Å². The number of aromatic hydroxyl groups is 1. The van der Waals surface area contributed by atoms with E-state index in [1.807, 2.05) is 53.5 Å². The van der Waals surface area contributed by atoms with Gasteiger partial charge in [0.15, 0.2) is 0 Å². The molecule has 156 valence electrons. The van der Waals surface area contributed by atoms with Crippen molar-refractivity contribution in [1.82, 2.24) is 10.4 Å². The normalized spacial score (nSPS) is 15.9. The Bertz CT molecular complexity index is 1150. The van der Waals surface area contributed by atoms with Crippen LogP contribution in [0.1, 0.15) is 21.5 Å². The second kappa shape index (κ2) is 8.55. The summed E-state index contributed by atoms with van der Waals surface area (Å²) in [6.07, 6.45) is 0. The van der Waals surface area contributed by atoms with Crippen molar-refractivity contribution < 1.29 is 14.6 Å². The predicted octanol–water partition coefficient (Wildman–Crippen LogP) is 4.00. The van der Waals surface area contributed by atoms with Gasteiger partial charge in [-0.3, -0.25) is 10.2 Å². The van der Waals surface area contributed by atoms with Gasteiger partial charge in [0, 0.05) is 39.6 Å². The zero-order chi connectivity index (χ0) is 21.2. The molecule has 2 heterocycles. The molecule has 3 aromatic carbocycles. The number of morpholine rings is 1. The third kappa shape index (κ3) is 4.20. The lowest BCUT2D eigenvalue weighted by atomic mass is 10.0. The van der Waals surface area contributed by atoms with Gasteiger partial charge < -0.3 is 9.84 Å². The maximum atomic E-state index is 12.8. The van der Waals surface area contributed by atoms with Crippen LogP contribution < -0.4 is 5.43 Å². The highest BCUT2D eigenvalue weighted by atomic mass is 32.2. The number of nitrogens with one attached hydrogen (secondary N) is 1. The fourth-order valence-corrected chi connectivity index (χ4v) is 4.61. The molecule has 1 fully saturated rings. The van der Waals surface area contributed by atoms with E-state index in [0.717, 1.165) is 32.3 Å². The number of benzene rings is 3. The first-order chi connectivity index (χ1) is 15.2. The molecule has 1 amide bonds. The third-order valence-corrected chi connectivity index (χ3v) is 6.37. The van der Waals surface area contributed by atoms with Gasteiger partial charge in [-0.25, -0.2) is 10.0 Å². The molecule has 0 radical (unpaired) electrons. The lowest BCUT2D eigenvalue weighted by Gasteiger charge is -2.27. The van der Waals surface area contributed by atoms with Gasteiger partial charge in [-0.15, -0.1) is 0 Å². The standard InChI is InChI=1S/C24H21N3O3S/c28-18-8-5-16(6-9-18)23-19-3-1-2-4-21(19)31-22-10-7-17(15-20(22)25-23)24(29)26-27-11-13-30-14-12-27/h1-10,15,28H,11-14H2,(H,26,29). The van der Waals surface area contributed by atoms with Crippen molar-refractivity contribution in [3.05, 3.63) is 83.4 Å². The van der Waals surface area contributed by atoms with Crippen LogP contribution in [0.25, 0.3) is 0 Å². The maximum absolute atomic E-state index is 12.8. The Labute approximate surface area is 184 Å². The minimum absolute atomic E-state index is 0.155. The number of hydrogen-bond acceptors (Lipinski definition) is 6. The number of amides is 1. The lowest BCUT2D eigenvalue weighted by Crippen LogP contribution is -2.48. The summed E-state index contributed by atoms with van der Waals surface area (Å²) in [7, 11) is 0. The molecule has 5 rings (SSSR count). The minimum atomic E-state index is -0.155. The van der Waals surface area contributed by atoms with Gasteiger partial charge in [0.25, 0.3) is 5.91 Å². The number of aliphatic imine (C=N–C) groups is 1. The molecule has 0 spiro atoms. The smallest absolute Gasteiger partial charge is 0.265 e. The highest BCUT2D eigenvalue weighted by molar-refractivity contribution is 7.99. The molecular weight excluding hydrogens is 410 g/mol. The highest BCUT2D eigenvalue weighted by Gasteiger charge is 2.21. The Hall–Kier alpha value is -3.13. The van der Waals surface area contributed by atoms with Crippen LogP contribution in [0, 0.1) is 0 Å². The first-order valence-electron chi connectivity index (χ1n) is 10.1. The lowest BCUT2D eigenvalue weighted by molar-refractivity contribution is 0.0126. The average Bonchev–Trinajstić information content (AvgIpc) is 2.96. The molecule has 2 N–H and O–H groups in total. The predicted molar refractivity (Wildman–Crippen MR) is 120 cm³/mol. The summed E-state index contributed by atoms with van der Waals surface area (Å²) in [4.78, 5) is 19.9. The Morgan fingerprint density at radius 2 is 1.77 bits per heavy atom. The molecule has 2 aliphatic heterocycles. The van der Waals surface area contributed by atoms with E-state index in [2.05, 4.69) is 11.5 Å². The number of hydrogen-bond donors (Lipinski definition) is 2. The third-order valence-electron chi connectivity index (χ3n) is 5.23. The number of fused-ring (bicyclic) bond motifs is 2. The van der Waals surface area contributed by atoms with Gasteiger partial charge >= 0.3 is 0 Å². The van der Waals surface area contributed by atoms with E-state index < -0.39 is 0 Å². The van der Waals surface area contributed by atoms with Crippen LogP contribution in [-0.2, 0) is 4.74 Å². The quantitative estimate of drug-likeness (QED) is 0.513. The monoisotopic (exact) mass is 431 g/mol. The Kier molecular flexibility index (Phi) is 5.46. The van der Waals surface area contributed by atoms with Crippen molar-refractivity contribution in [3.8, 4) is 5.75 Å². The average molecular weight is 432 g/mol. The van der Waals surface area contributed by atoms with Gasteiger partial charge in [-0.2, -0.15) is 0 Å². The molecule has 6 nitrogen and oxygen atoms in total. The van der Waals surface area contributed by atoms with Gasteiger partial charge in [0.2, 0.25) is 0 Å². The molecule has 0 aliphatic carbocycles. The second-order valence-electron chi connectivity index (χ2n) is 7.33. The van der Waals surface area contributed by atoms with Crippen molar-refractivity contribution >= 4 is 29.1 Å².